The number of hydrogen-bond donors (Lipinski definition) is 0. The Kier molecular flexibility index (Phi) is 6.45. The van der Waals surface area contributed by atoms with Gasteiger partial charge in [0.25, 0.3) is 5.91 Å². The summed E-state index contributed by atoms with van der Waals surface area (Å²) in [4.78, 5) is 37.8. The first kappa shape index (κ1) is 24.4. The second-order valence-corrected chi connectivity index (χ2v) is 10.5. The van der Waals surface area contributed by atoms with E-state index in [2.05, 4.69) is 64.1 Å². The maximum atomic E-state index is 14.0. The minimum atomic E-state index is -0.796. The molecule has 0 bridgehead atoms. The predicted molar refractivity (Wildman–Crippen MR) is 147 cm³/mol. The summed E-state index contributed by atoms with van der Waals surface area (Å²) in [5, 5.41) is 1.27. The van der Waals surface area contributed by atoms with Gasteiger partial charge >= 0.3 is 6.03 Å². The minimum absolute atomic E-state index is 0.0778. The fourth-order valence-electron chi connectivity index (χ4n) is 6.13. The summed E-state index contributed by atoms with van der Waals surface area (Å²) in [6.07, 6.45) is 5.90. The maximum absolute atomic E-state index is 14.0. The number of nitrogens with zero attached hydrogens (tertiary/aromatic N) is 5. The summed E-state index contributed by atoms with van der Waals surface area (Å²) in [6, 6.07) is 24.1. The number of urea groups is 1. The van der Waals surface area contributed by atoms with Crippen LogP contribution in [0.4, 0.5) is 4.79 Å². The first-order valence-corrected chi connectivity index (χ1v) is 13.4. The Balaban J connectivity index is 1.23. The normalized spacial score (nSPS) is 17.7. The Hall–Kier alpha value is -3.97. The molecule has 0 radical (unpaired) electrons. The smallest absolute Gasteiger partial charge is 0.328 e. The van der Waals surface area contributed by atoms with Crippen molar-refractivity contribution in [3.63, 3.8) is 0 Å². The Labute approximate surface area is 223 Å². The van der Waals surface area contributed by atoms with Crippen molar-refractivity contribution in [1.82, 2.24) is 24.3 Å². The third kappa shape index (κ3) is 4.37. The van der Waals surface area contributed by atoms with E-state index >= 15 is 0 Å². The van der Waals surface area contributed by atoms with Gasteiger partial charge in [-0.15, -0.1) is 0 Å². The third-order valence-corrected chi connectivity index (χ3v) is 8.19. The van der Waals surface area contributed by atoms with Crippen molar-refractivity contribution >= 4 is 22.8 Å². The molecule has 194 valence electrons. The molecule has 2 fully saturated rings. The van der Waals surface area contributed by atoms with Gasteiger partial charge in [-0.05, 0) is 48.6 Å². The molecule has 2 aromatic carbocycles. The summed E-state index contributed by atoms with van der Waals surface area (Å²) < 4.78 is 2.18. The van der Waals surface area contributed by atoms with Crippen molar-refractivity contribution in [2.75, 3.05) is 19.6 Å². The SMILES string of the molecule is Cn1cc(CN2CCC3(CC2)C(=O)N(Cc2ccccn2)C(=O)N3CCc2ccccc2)c2ccccc21. The van der Waals surface area contributed by atoms with Crippen LogP contribution < -0.4 is 0 Å². The Morgan fingerprint density at radius 1 is 0.868 bits per heavy atom. The van der Waals surface area contributed by atoms with Gasteiger partial charge in [-0.1, -0.05) is 54.6 Å². The van der Waals surface area contributed by atoms with Crippen LogP contribution in [0.3, 0.4) is 0 Å². The summed E-state index contributed by atoms with van der Waals surface area (Å²) in [5.74, 6) is -0.0778. The molecule has 1 spiro atoms. The molecule has 6 rings (SSSR count). The first-order chi connectivity index (χ1) is 18.5. The Bertz CT molecular complexity index is 1440. The molecule has 7 nitrogen and oxygen atoms in total. The fourth-order valence-corrected chi connectivity index (χ4v) is 6.13. The average Bonchev–Trinajstić information content (AvgIpc) is 3.36. The van der Waals surface area contributed by atoms with Gasteiger partial charge in [-0.25, -0.2) is 4.79 Å². The van der Waals surface area contributed by atoms with Gasteiger partial charge in [0, 0.05) is 56.5 Å². The second kappa shape index (κ2) is 10.1. The Morgan fingerprint density at radius 3 is 2.37 bits per heavy atom. The molecule has 0 unspecified atom stereocenters. The van der Waals surface area contributed by atoms with Crippen molar-refractivity contribution < 1.29 is 9.59 Å². The van der Waals surface area contributed by atoms with Gasteiger partial charge in [0.1, 0.15) is 5.54 Å². The molecule has 0 aliphatic carbocycles. The Morgan fingerprint density at radius 2 is 1.61 bits per heavy atom. The maximum Gasteiger partial charge on any atom is 0.328 e. The van der Waals surface area contributed by atoms with E-state index in [1.165, 1.54) is 26.9 Å². The van der Waals surface area contributed by atoms with Crippen molar-refractivity contribution in [1.29, 1.82) is 0 Å². The number of carbonyl (C=O) groups is 2. The van der Waals surface area contributed by atoms with Crippen molar-refractivity contribution in [3.8, 4) is 0 Å². The zero-order chi connectivity index (χ0) is 26.1. The first-order valence-electron chi connectivity index (χ1n) is 13.4. The van der Waals surface area contributed by atoms with E-state index in [4.69, 9.17) is 0 Å². The molecule has 2 aliphatic rings. The van der Waals surface area contributed by atoms with Gasteiger partial charge in [0.05, 0.1) is 12.2 Å². The highest BCUT2D eigenvalue weighted by Crippen LogP contribution is 2.38. The van der Waals surface area contributed by atoms with Crippen LogP contribution in [0, 0.1) is 0 Å². The predicted octanol–water partition coefficient (Wildman–Crippen LogP) is 4.62. The van der Waals surface area contributed by atoms with Crippen LogP contribution in [0.5, 0.6) is 0 Å². The molecule has 7 heteroatoms. The zero-order valence-corrected chi connectivity index (χ0v) is 21.8. The number of aryl methyl sites for hydroxylation is 1. The van der Waals surface area contributed by atoms with Gasteiger partial charge in [-0.3, -0.25) is 19.6 Å². The fraction of sp³-hybridized carbons (Fsp3) is 0.323. The largest absolute Gasteiger partial charge is 0.350 e. The number of rotatable bonds is 7. The van der Waals surface area contributed by atoms with E-state index in [-0.39, 0.29) is 18.5 Å². The number of imide groups is 1. The van der Waals surface area contributed by atoms with Crippen LogP contribution in [-0.4, -0.2) is 61.4 Å². The molecule has 3 amide bonds. The number of piperidine rings is 1. The number of likely N-dealkylation sites (tertiary alicyclic amines) is 1. The summed E-state index contributed by atoms with van der Waals surface area (Å²) in [6.45, 7) is 3.10. The van der Waals surface area contributed by atoms with Crippen LogP contribution in [-0.2, 0) is 31.4 Å². The number of benzene rings is 2. The van der Waals surface area contributed by atoms with E-state index in [0.717, 1.165) is 31.7 Å². The lowest BCUT2D eigenvalue weighted by atomic mass is 9.85. The molecule has 2 saturated heterocycles. The lowest BCUT2D eigenvalue weighted by Crippen LogP contribution is -2.56. The van der Waals surface area contributed by atoms with Crippen LogP contribution in [0.15, 0.2) is 85.2 Å². The highest BCUT2D eigenvalue weighted by Gasteiger charge is 2.57. The van der Waals surface area contributed by atoms with E-state index < -0.39 is 5.54 Å². The molecule has 38 heavy (non-hydrogen) atoms. The summed E-state index contributed by atoms with van der Waals surface area (Å²) in [5.41, 5.74) is 3.62. The lowest BCUT2D eigenvalue weighted by Gasteiger charge is -2.42. The van der Waals surface area contributed by atoms with Crippen LogP contribution in [0.1, 0.15) is 29.7 Å². The number of amides is 3. The molecule has 2 aromatic heterocycles. The van der Waals surface area contributed by atoms with Gasteiger partial charge in [0.15, 0.2) is 0 Å². The molecule has 2 aliphatic heterocycles. The molecule has 4 aromatic rings. The summed E-state index contributed by atoms with van der Waals surface area (Å²) >= 11 is 0. The van der Waals surface area contributed by atoms with Crippen molar-refractivity contribution in [3.05, 3.63) is 102 Å². The average molecular weight is 508 g/mol. The van der Waals surface area contributed by atoms with E-state index in [1.807, 2.05) is 41.3 Å². The highest BCUT2D eigenvalue weighted by molar-refractivity contribution is 6.07. The minimum Gasteiger partial charge on any atom is -0.350 e. The zero-order valence-electron chi connectivity index (χ0n) is 21.8. The molecule has 0 saturated carbocycles. The van der Waals surface area contributed by atoms with Crippen molar-refractivity contribution in [2.24, 2.45) is 7.05 Å². The highest BCUT2D eigenvalue weighted by atomic mass is 16.2. The standard InChI is InChI=1S/C31H33N5O2/c1-33-21-25(27-12-5-6-13-28(27)33)22-34-19-15-31(16-20-34)29(37)35(23-26-11-7-8-17-32-26)30(38)36(31)18-14-24-9-3-2-4-10-24/h2-13,17,21H,14-16,18-20,22-23H2,1H3. The molecule has 4 heterocycles. The number of hydrogen-bond acceptors (Lipinski definition) is 4. The number of pyridine rings is 1. The second-order valence-electron chi connectivity index (χ2n) is 10.5. The quantitative estimate of drug-likeness (QED) is 0.343. The number of carbonyl (C=O) groups excluding carboxylic acids is 2. The topological polar surface area (TPSA) is 61.7 Å². The van der Waals surface area contributed by atoms with Gasteiger partial charge in [-0.2, -0.15) is 0 Å². The monoisotopic (exact) mass is 507 g/mol. The van der Waals surface area contributed by atoms with E-state index in [9.17, 15) is 9.59 Å². The van der Waals surface area contributed by atoms with E-state index in [0.29, 0.717) is 19.4 Å². The summed E-state index contributed by atoms with van der Waals surface area (Å²) in [7, 11) is 2.08. The molecule has 0 atom stereocenters. The van der Waals surface area contributed by atoms with E-state index in [1.54, 1.807) is 6.20 Å². The molecule has 0 N–H and O–H groups in total. The van der Waals surface area contributed by atoms with Crippen LogP contribution in [0.25, 0.3) is 10.9 Å². The van der Waals surface area contributed by atoms with Crippen LogP contribution in [0.2, 0.25) is 0 Å². The third-order valence-electron chi connectivity index (χ3n) is 8.19. The van der Waals surface area contributed by atoms with Crippen molar-refractivity contribution in [2.45, 2.75) is 37.9 Å². The van der Waals surface area contributed by atoms with Gasteiger partial charge in [0.2, 0.25) is 0 Å². The van der Waals surface area contributed by atoms with Gasteiger partial charge < -0.3 is 9.47 Å². The number of para-hydroxylation sites is 1. The lowest BCUT2D eigenvalue weighted by molar-refractivity contribution is -0.136. The number of fused-ring (bicyclic) bond motifs is 1. The van der Waals surface area contributed by atoms with Crippen LogP contribution >= 0.6 is 0 Å². The molecular formula is C31H33N5O2. The molecular weight excluding hydrogens is 474 g/mol. The number of aromatic nitrogens is 2.